The topological polar surface area (TPSA) is 77.2 Å². The normalized spacial score (nSPS) is 11.3. The summed E-state index contributed by atoms with van der Waals surface area (Å²) in [6.07, 6.45) is 2.42. The second-order valence-electron chi connectivity index (χ2n) is 5.17. The molecule has 0 radical (unpaired) electrons. The summed E-state index contributed by atoms with van der Waals surface area (Å²) in [5.74, 6) is -0.645. The van der Waals surface area contributed by atoms with Crippen molar-refractivity contribution in [1.82, 2.24) is 14.8 Å². The molecule has 0 saturated carbocycles. The second kappa shape index (κ2) is 7.13. The quantitative estimate of drug-likeness (QED) is 0.682. The SMILES string of the molecule is COc1ccc2c(n1)c(C=CC(=O)O)nn2Cc1ccc(Cl)cc1Cl. The molecule has 0 saturated heterocycles. The van der Waals surface area contributed by atoms with Gasteiger partial charge < -0.3 is 9.84 Å². The predicted octanol–water partition coefficient (Wildman–Crippen LogP) is 3.89. The molecule has 6 nitrogen and oxygen atoms in total. The molecule has 3 aromatic rings. The van der Waals surface area contributed by atoms with E-state index in [0.29, 0.717) is 33.7 Å². The summed E-state index contributed by atoms with van der Waals surface area (Å²) in [6, 6.07) is 8.77. The highest BCUT2D eigenvalue weighted by atomic mass is 35.5. The number of methoxy groups -OCH3 is 1. The number of carboxylic acid groups (broad SMARTS) is 1. The van der Waals surface area contributed by atoms with Crippen LogP contribution >= 0.6 is 23.2 Å². The van der Waals surface area contributed by atoms with E-state index < -0.39 is 5.97 Å². The number of hydrogen-bond acceptors (Lipinski definition) is 4. The first kappa shape index (κ1) is 17.3. The average molecular weight is 378 g/mol. The van der Waals surface area contributed by atoms with Gasteiger partial charge in [0.2, 0.25) is 5.88 Å². The van der Waals surface area contributed by atoms with Gasteiger partial charge in [0, 0.05) is 22.2 Å². The van der Waals surface area contributed by atoms with Crippen LogP contribution in [-0.2, 0) is 11.3 Å². The molecule has 0 unspecified atom stereocenters. The van der Waals surface area contributed by atoms with Crippen molar-refractivity contribution in [3.05, 3.63) is 57.7 Å². The summed E-state index contributed by atoms with van der Waals surface area (Å²) < 4.78 is 6.85. The zero-order valence-electron chi connectivity index (χ0n) is 13.1. The maximum Gasteiger partial charge on any atom is 0.328 e. The van der Waals surface area contributed by atoms with Gasteiger partial charge in [0.05, 0.1) is 19.2 Å². The Labute approximate surface area is 153 Å². The number of carbonyl (C=O) groups is 1. The van der Waals surface area contributed by atoms with Gasteiger partial charge in [-0.2, -0.15) is 5.10 Å². The summed E-state index contributed by atoms with van der Waals surface area (Å²) in [7, 11) is 1.51. The fraction of sp³-hybridized carbons (Fsp3) is 0.118. The Bertz CT molecular complexity index is 983. The largest absolute Gasteiger partial charge is 0.481 e. The van der Waals surface area contributed by atoms with Crippen LogP contribution in [0.15, 0.2) is 36.4 Å². The fourth-order valence-electron chi connectivity index (χ4n) is 2.37. The van der Waals surface area contributed by atoms with Gasteiger partial charge in [0.1, 0.15) is 11.2 Å². The number of rotatable bonds is 5. The smallest absolute Gasteiger partial charge is 0.328 e. The van der Waals surface area contributed by atoms with Crippen LogP contribution in [0.1, 0.15) is 11.3 Å². The fourth-order valence-corrected chi connectivity index (χ4v) is 2.84. The second-order valence-corrected chi connectivity index (χ2v) is 6.02. The molecule has 2 aromatic heterocycles. The van der Waals surface area contributed by atoms with Gasteiger partial charge in [-0.3, -0.25) is 4.68 Å². The number of fused-ring (bicyclic) bond motifs is 1. The molecule has 0 spiro atoms. The summed E-state index contributed by atoms with van der Waals surface area (Å²) in [5, 5.41) is 14.4. The number of halogens is 2. The zero-order valence-corrected chi connectivity index (χ0v) is 14.6. The number of aliphatic carboxylic acids is 1. The minimum atomic E-state index is -1.06. The van der Waals surface area contributed by atoms with E-state index in [2.05, 4.69) is 10.1 Å². The van der Waals surface area contributed by atoms with Gasteiger partial charge in [-0.1, -0.05) is 29.3 Å². The third-order valence-corrected chi connectivity index (χ3v) is 4.11. The van der Waals surface area contributed by atoms with Crippen molar-refractivity contribution in [3.63, 3.8) is 0 Å². The molecule has 1 N–H and O–H groups in total. The Morgan fingerprint density at radius 3 is 2.80 bits per heavy atom. The predicted molar refractivity (Wildman–Crippen MR) is 96.3 cm³/mol. The van der Waals surface area contributed by atoms with Crippen LogP contribution in [0, 0.1) is 0 Å². The van der Waals surface area contributed by atoms with Crippen molar-refractivity contribution in [2.45, 2.75) is 6.54 Å². The van der Waals surface area contributed by atoms with E-state index in [9.17, 15) is 4.79 Å². The number of carboxylic acids is 1. The Kier molecular flexibility index (Phi) is 4.92. The molecule has 0 bridgehead atoms. The lowest BCUT2D eigenvalue weighted by molar-refractivity contribution is -0.131. The van der Waals surface area contributed by atoms with Gasteiger partial charge in [-0.05, 0) is 29.8 Å². The number of pyridine rings is 1. The molecule has 0 aliphatic carbocycles. The van der Waals surface area contributed by atoms with Crippen molar-refractivity contribution in [3.8, 4) is 5.88 Å². The van der Waals surface area contributed by atoms with Crippen molar-refractivity contribution in [1.29, 1.82) is 0 Å². The van der Waals surface area contributed by atoms with Gasteiger partial charge in [0.25, 0.3) is 0 Å². The molecule has 0 fully saturated rings. The highest BCUT2D eigenvalue weighted by molar-refractivity contribution is 6.35. The van der Waals surface area contributed by atoms with Crippen LogP contribution in [-0.4, -0.2) is 33.0 Å². The standard InChI is InChI=1S/C17H13Cl2N3O3/c1-25-15-6-5-14-17(20-15)13(4-7-16(23)24)21-22(14)9-10-2-3-11(18)8-12(10)19/h2-8H,9H2,1H3,(H,23,24). The minimum Gasteiger partial charge on any atom is -0.481 e. The molecular weight excluding hydrogens is 365 g/mol. The Hall–Kier alpha value is -2.57. The van der Waals surface area contributed by atoms with E-state index in [1.54, 1.807) is 22.9 Å². The van der Waals surface area contributed by atoms with Crippen molar-refractivity contribution in [2.24, 2.45) is 0 Å². The van der Waals surface area contributed by atoms with Gasteiger partial charge in [-0.25, -0.2) is 9.78 Å². The van der Waals surface area contributed by atoms with Crippen LogP contribution in [0.25, 0.3) is 17.1 Å². The van der Waals surface area contributed by atoms with Crippen LogP contribution in [0.5, 0.6) is 5.88 Å². The molecule has 0 aliphatic heterocycles. The van der Waals surface area contributed by atoms with E-state index in [-0.39, 0.29) is 0 Å². The van der Waals surface area contributed by atoms with E-state index >= 15 is 0 Å². The van der Waals surface area contributed by atoms with E-state index in [1.807, 2.05) is 12.1 Å². The highest BCUT2D eigenvalue weighted by Gasteiger charge is 2.13. The zero-order chi connectivity index (χ0) is 18.0. The van der Waals surface area contributed by atoms with Gasteiger partial charge >= 0.3 is 5.97 Å². The van der Waals surface area contributed by atoms with Crippen LogP contribution in [0.3, 0.4) is 0 Å². The van der Waals surface area contributed by atoms with E-state index in [4.69, 9.17) is 33.0 Å². The summed E-state index contributed by atoms with van der Waals surface area (Å²) in [6.45, 7) is 0.390. The molecule has 25 heavy (non-hydrogen) atoms. The molecule has 128 valence electrons. The van der Waals surface area contributed by atoms with E-state index in [1.165, 1.54) is 13.2 Å². The molecule has 8 heteroatoms. The Morgan fingerprint density at radius 1 is 1.32 bits per heavy atom. The van der Waals surface area contributed by atoms with Gasteiger partial charge in [0.15, 0.2) is 0 Å². The first-order chi connectivity index (χ1) is 12.0. The monoisotopic (exact) mass is 377 g/mol. The summed E-state index contributed by atoms with van der Waals surface area (Å²) >= 11 is 12.2. The first-order valence-electron chi connectivity index (χ1n) is 7.24. The number of ether oxygens (including phenoxy) is 1. The maximum absolute atomic E-state index is 10.8. The molecule has 2 heterocycles. The Morgan fingerprint density at radius 2 is 2.12 bits per heavy atom. The van der Waals surface area contributed by atoms with Crippen LogP contribution in [0.4, 0.5) is 0 Å². The third kappa shape index (κ3) is 3.75. The van der Waals surface area contributed by atoms with Crippen molar-refractivity contribution in [2.75, 3.05) is 7.11 Å². The molecule has 0 aliphatic rings. The molecule has 1 aromatic carbocycles. The number of hydrogen-bond donors (Lipinski definition) is 1. The van der Waals surface area contributed by atoms with Crippen LogP contribution < -0.4 is 4.74 Å². The lowest BCUT2D eigenvalue weighted by Crippen LogP contribution is -2.02. The number of benzene rings is 1. The molecule has 0 atom stereocenters. The highest BCUT2D eigenvalue weighted by Crippen LogP contribution is 2.25. The molecular formula is C17H13Cl2N3O3. The number of aromatic nitrogens is 3. The van der Waals surface area contributed by atoms with E-state index in [0.717, 1.165) is 17.2 Å². The minimum absolute atomic E-state index is 0.390. The molecule has 0 amide bonds. The lowest BCUT2D eigenvalue weighted by Gasteiger charge is -2.06. The maximum atomic E-state index is 10.8. The summed E-state index contributed by atoms with van der Waals surface area (Å²) in [5.41, 5.74) is 2.54. The van der Waals surface area contributed by atoms with Crippen LogP contribution in [0.2, 0.25) is 10.0 Å². The number of nitrogens with zero attached hydrogens (tertiary/aromatic N) is 3. The lowest BCUT2D eigenvalue weighted by atomic mass is 10.2. The summed E-state index contributed by atoms with van der Waals surface area (Å²) in [4.78, 5) is 15.2. The van der Waals surface area contributed by atoms with Crippen molar-refractivity contribution >= 4 is 46.3 Å². The average Bonchev–Trinajstić information content (AvgIpc) is 2.92. The first-order valence-corrected chi connectivity index (χ1v) is 8.00. The molecule has 3 rings (SSSR count). The third-order valence-electron chi connectivity index (χ3n) is 3.53. The Balaban J connectivity index is 2.09. The van der Waals surface area contributed by atoms with Crippen molar-refractivity contribution < 1.29 is 14.6 Å². The van der Waals surface area contributed by atoms with Gasteiger partial charge in [-0.15, -0.1) is 0 Å².